The molecule has 0 saturated heterocycles. The summed E-state index contributed by atoms with van der Waals surface area (Å²) in [5.41, 5.74) is 3.92. The minimum Gasteiger partial charge on any atom is -0.447 e. The van der Waals surface area contributed by atoms with Crippen LogP contribution >= 0.6 is 0 Å². The molecule has 2 aromatic rings. The first kappa shape index (κ1) is 25.5. The monoisotopic (exact) mass is 456 g/mol. The van der Waals surface area contributed by atoms with Gasteiger partial charge >= 0.3 is 12.2 Å². The van der Waals surface area contributed by atoms with Gasteiger partial charge in [-0.25, -0.2) is 9.59 Å². The average molecular weight is 456 g/mol. The molecule has 0 fully saturated rings. The zero-order chi connectivity index (χ0) is 24.1. The molecule has 33 heavy (non-hydrogen) atoms. The first-order chi connectivity index (χ1) is 15.9. The second kappa shape index (κ2) is 13.6. The molecule has 0 saturated carbocycles. The van der Waals surface area contributed by atoms with Gasteiger partial charge in [0, 0.05) is 25.6 Å². The lowest BCUT2D eigenvalue weighted by atomic mass is 10.2. The molecule has 0 aromatic heterocycles. The Hall–Kier alpha value is -3.72. The van der Waals surface area contributed by atoms with Crippen LogP contribution in [0.15, 0.2) is 46.4 Å². The van der Waals surface area contributed by atoms with Crippen LogP contribution in [0.2, 0.25) is 0 Å². The van der Waals surface area contributed by atoms with Crippen molar-refractivity contribution < 1.29 is 28.5 Å². The topological polar surface area (TPSA) is 120 Å². The van der Waals surface area contributed by atoms with Gasteiger partial charge < -0.3 is 18.9 Å². The third-order valence-corrected chi connectivity index (χ3v) is 4.32. The lowest BCUT2D eigenvalue weighted by molar-refractivity contribution is 0.107. The van der Waals surface area contributed by atoms with E-state index in [1.165, 1.54) is 14.2 Å². The fourth-order valence-corrected chi connectivity index (χ4v) is 2.50. The summed E-state index contributed by atoms with van der Waals surface area (Å²) in [6, 6.07) is 13.2. The number of amides is 2. The van der Waals surface area contributed by atoms with Gasteiger partial charge in [-0.1, -0.05) is 12.1 Å². The Labute approximate surface area is 192 Å². The van der Waals surface area contributed by atoms with E-state index in [2.05, 4.69) is 26.6 Å². The lowest BCUT2D eigenvalue weighted by Gasteiger charge is -2.09. The van der Waals surface area contributed by atoms with E-state index in [9.17, 15) is 9.59 Å². The number of rotatable bonds is 10. The maximum Gasteiger partial charge on any atom is 0.411 e. The number of nitrogens with one attached hydrogen (secondary N) is 2. The summed E-state index contributed by atoms with van der Waals surface area (Å²) in [4.78, 5) is 32.1. The molecule has 10 nitrogen and oxygen atoms in total. The number of carbonyl (C=O) groups excluding carboxylic acids is 2. The molecule has 0 aliphatic rings. The second-order valence-corrected chi connectivity index (χ2v) is 6.83. The van der Waals surface area contributed by atoms with Crippen molar-refractivity contribution in [1.29, 1.82) is 0 Å². The van der Waals surface area contributed by atoms with Gasteiger partial charge in [0.1, 0.15) is 19.2 Å². The molecule has 0 spiro atoms. The molecule has 10 heteroatoms. The van der Waals surface area contributed by atoms with Crippen molar-refractivity contribution in [2.45, 2.75) is 13.8 Å². The molecular weight excluding hydrogens is 428 g/mol. The van der Waals surface area contributed by atoms with E-state index >= 15 is 0 Å². The highest BCUT2D eigenvalue weighted by Crippen LogP contribution is 2.24. The van der Waals surface area contributed by atoms with E-state index in [0.29, 0.717) is 36.0 Å². The van der Waals surface area contributed by atoms with Crippen LogP contribution < -0.4 is 10.6 Å². The van der Waals surface area contributed by atoms with Crippen LogP contribution in [-0.4, -0.2) is 58.8 Å². The number of nitrogens with zero attached hydrogens (tertiary/aromatic N) is 2. The van der Waals surface area contributed by atoms with Gasteiger partial charge in [0.15, 0.2) is 0 Å². The highest BCUT2D eigenvalue weighted by atomic mass is 16.6. The molecule has 0 aliphatic heterocycles. The molecule has 0 atom stereocenters. The fraction of sp³-hybridized carbons (Fsp3) is 0.348. The Balaban J connectivity index is 2.06. The number of aliphatic imine (C=N–C) groups is 2. The number of anilines is 2. The Morgan fingerprint density at radius 2 is 1.18 bits per heavy atom. The van der Waals surface area contributed by atoms with Crippen molar-refractivity contribution in [2.24, 2.45) is 9.98 Å². The van der Waals surface area contributed by atoms with Crippen LogP contribution in [0.25, 0.3) is 0 Å². The minimum atomic E-state index is -0.578. The molecule has 2 rings (SSSR count). The highest BCUT2D eigenvalue weighted by Gasteiger charge is 2.07. The van der Waals surface area contributed by atoms with Crippen LogP contribution in [0.3, 0.4) is 0 Å². The van der Waals surface area contributed by atoms with Crippen molar-refractivity contribution in [1.82, 2.24) is 0 Å². The SMILES string of the molecule is COCCOC(=O)Nc1cc(N=C=Nc2ccc(C)c(NC(=O)OCCOC)c2)ccc1C. The van der Waals surface area contributed by atoms with E-state index in [0.717, 1.165) is 11.1 Å². The highest BCUT2D eigenvalue weighted by molar-refractivity contribution is 5.87. The smallest absolute Gasteiger partial charge is 0.411 e. The molecule has 2 amide bonds. The van der Waals surface area contributed by atoms with E-state index in [1.807, 2.05) is 26.0 Å². The molecule has 0 radical (unpaired) electrons. The summed E-state index contributed by atoms with van der Waals surface area (Å²) in [5, 5.41) is 5.35. The van der Waals surface area contributed by atoms with E-state index < -0.39 is 12.2 Å². The van der Waals surface area contributed by atoms with Crippen LogP contribution in [0.5, 0.6) is 0 Å². The van der Waals surface area contributed by atoms with Gasteiger partial charge in [-0.15, -0.1) is 0 Å². The maximum absolute atomic E-state index is 11.9. The third kappa shape index (κ3) is 9.12. The first-order valence-electron chi connectivity index (χ1n) is 10.2. The van der Waals surface area contributed by atoms with E-state index in [-0.39, 0.29) is 13.2 Å². The lowest BCUT2D eigenvalue weighted by Crippen LogP contribution is -2.16. The number of benzene rings is 2. The predicted molar refractivity (Wildman–Crippen MR) is 125 cm³/mol. The second-order valence-electron chi connectivity index (χ2n) is 6.83. The summed E-state index contributed by atoms with van der Waals surface area (Å²) in [6.45, 7) is 4.66. The Bertz CT molecular complexity index is 941. The van der Waals surface area contributed by atoms with Crippen molar-refractivity contribution in [3.05, 3.63) is 47.5 Å². The van der Waals surface area contributed by atoms with E-state index in [4.69, 9.17) is 18.9 Å². The van der Waals surface area contributed by atoms with Gasteiger partial charge in [-0.3, -0.25) is 10.6 Å². The molecule has 2 N–H and O–H groups in total. The summed E-state index contributed by atoms with van der Waals surface area (Å²) >= 11 is 0. The van der Waals surface area contributed by atoms with Gasteiger partial charge in [-0.05, 0) is 49.2 Å². The number of hydrogen-bond donors (Lipinski definition) is 2. The number of hydrogen-bond acceptors (Lipinski definition) is 8. The molecule has 0 bridgehead atoms. The third-order valence-electron chi connectivity index (χ3n) is 4.32. The zero-order valence-corrected chi connectivity index (χ0v) is 19.1. The molecule has 0 unspecified atom stereocenters. The van der Waals surface area contributed by atoms with Crippen LogP contribution in [0.1, 0.15) is 11.1 Å². The molecule has 0 aliphatic carbocycles. The largest absolute Gasteiger partial charge is 0.447 e. The van der Waals surface area contributed by atoms with Crippen LogP contribution in [0, 0.1) is 13.8 Å². The first-order valence-corrected chi connectivity index (χ1v) is 10.2. The van der Waals surface area contributed by atoms with Crippen molar-refractivity contribution in [3.8, 4) is 0 Å². The van der Waals surface area contributed by atoms with Crippen molar-refractivity contribution >= 4 is 40.9 Å². The van der Waals surface area contributed by atoms with Crippen molar-refractivity contribution in [2.75, 3.05) is 51.3 Å². The number of methoxy groups -OCH3 is 2. The number of aryl methyl sites for hydroxylation is 2. The van der Waals surface area contributed by atoms with Gasteiger partial charge in [0.05, 0.1) is 24.6 Å². The average Bonchev–Trinajstić information content (AvgIpc) is 2.78. The summed E-state index contributed by atoms with van der Waals surface area (Å²) in [5.74, 6) is 0. The quantitative estimate of drug-likeness (QED) is 0.390. The maximum atomic E-state index is 11.9. The van der Waals surface area contributed by atoms with Gasteiger partial charge in [0.2, 0.25) is 0 Å². The molecular formula is C23H28N4O6. The van der Waals surface area contributed by atoms with Crippen molar-refractivity contribution in [3.63, 3.8) is 0 Å². The van der Waals surface area contributed by atoms with Crippen LogP contribution in [-0.2, 0) is 18.9 Å². The van der Waals surface area contributed by atoms with Gasteiger partial charge in [0.25, 0.3) is 0 Å². The van der Waals surface area contributed by atoms with Crippen LogP contribution in [0.4, 0.5) is 32.3 Å². The number of carbonyl (C=O) groups is 2. The molecule has 2 aromatic carbocycles. The molecule has 0 heterocycles. The molecule has 176 valence electrons. The predicted octanol–water partition coefficient (Wildman–Crippen LogP) is 4.83. The zero-order valence-electron chi connectivity index (χ0n) is 19.1. The standard InChI is InChI=1S/C23H28N4O6/c1-16-5-7-18(13-20(16)26-22(28)32-11-9-30-3)24-15-25-19-8-6-17(2)21(14-19)27-23(29)33-12-10-31-4/h5-8,13-14H,9-12H2,1-4H3,(H,26,28)(H,27,29). The fourth-order valence-electron chi connectivity index (χ4n) is 2.50. The summed E-state index contributed by atoms with van der Waals surface area (Å²) in [6.07, 6.45) is -1.16. The minimum absolute atomic E-state index is 0.157. The normalized spacial score (nSPS) is 10.1. The summed E-state index contributed by atoms with van der Waals surface area (Å²) in [7, 11) is 3.06. The number of ether oxygens (including phenoxy) is 4. The van der Waals surface area contributed by atoms with E-state index in [1.54, 1.807) is 24.3 Å². The Morgan fingerprint density at radius 3 is 1.58 bits per heavy atom. The van der Waals surface area contributed by atoms with Gasteiger partial charge in [-0.2, -0.15) is 9.98 Å². The summed E-state index contributed by atoms with van der Waals surface area (Å²) < 4.78 is 19.7. The Morgan fingerprint density at radius 1 is 0.758 bits per heavy atom. The Kier molecular flexibility index (Phi) is 10.6.